The molecule has 3 heterocycles. The molecule has 0 saturated carbocycles. The number of thiophene rings is 1. The topological polar surface area (TPSA) is 59.8 Å². The van der Waals surface area contributed by atoms with Crippen molar-refractivity contribution >= 4 is 28.6 Å². The van der Waals surface area contributed by atoms with E-state index in [9.17, 15) is 4.79 Å². The Labute approximate surface area is 149 Å². The largest absolute Gasteiger partial charge is 0.350 e. The Morgan fingerprint density at radius 2 is 2.17 bits per heavy atom. The summed E-state index contributed by atoms with van der Waals surface area (Å²) in [4.78, 5) is 17.8. The number of carbonyl (C=O) groups is 1. The predicted octanol–water partition coefficient (Wildman–Crippen LogP) is 3.68. The molecule has 7 heteroatoms. The lowest BCUT2D eigenvalue weighted by molar-refractivity contribution is 0.0950. The molecule has 5 nitrogen and oxygen atoms in total. The van der Waals surface area contributed by atoms with E-state index < -0.39 is 0 Å². The first-order valence-corrected chi connectivity index (χ1v) is 9.66. The van der Waals surface area contributed by atoms with Gasteiger partial charge in [-0.2, -0.15) is 5.10 Å². The summed E-state index contributed by atoms with van der Waals surface area (Å²) in [5.74, 6) is -0.118. The van der Waals surface area contributed by atoms with Crippen LogP contribution in [-0.2, 0) is 13.0 Å². The molecule has 0 atom stereocenters. The highest BCUT2D eigenvalue weighted by atomic mass is 32.1. The summed E-state index contributed by atoms with van der Waals surface area (Å²) in [5, 5.41) is 12.2. The van der Waals surface area contributed by atoms with Gasteiger partial charge in [-0.05, 0) is 44.2 Å². The van der Waals surface area contributed by atoms with Crippen molar-refractivity contribution in [2.45, 2.75) is 33.7 Å². The third-order valence-electron chi connectivity index (χ3n) is 3.96. The maximum Gasteiger partial charge on any atom is 0.270 e. The van der Waals surface area contributed by atoms with Crippen molar-refractivity contribution in [2.75, 3.05) is 6.54 Å². The Kier molecular flexibility index (Phi) is 5.11. The monoisotopic (exact) mass is 360 g/mol. The van der Waals surface area contributed by atoms with Gasteiger partial charge in [-0.1, -0.05) is 6.07 Å². The average Bonchev–Trinajstić information content (AvgIpc) is 3.29. The number of carbonyl (C=O) groups excluding carboxylic acids is 1. The third kappa shape index (κ3) is 3.42. The van der Waals surface area contributed by atoms with Crippen LogP contribution in [0.5, 0.6) is 0 Å². The lowest BCUT2D eigenvalue weighted by atomic mass is 10.1. The van der Waals surface area contributed by atoms with Crippen molar-refractivity contribution in [1.29, 1.82) is 0 Å². The van der Waals surface area contributed by atoms with E-state index in [1.165, 1.54) is 22.6 Å². The molecule has 3 rings (SSSR count). The number of amides is 1. The highest BCUT2D eigenvalue weighted by Gasteiger charge is 2.14. The minimum atomic E-state index is -0.118. The highest BCUT2D eigenvalue weighted by molar-refractivity contribution is 7.20. The fourth-order valence-corrected chi connectivity index (χ4v) is 4.30. The first kappa shape index (κ1) is 16.9. The number of thiazole rings is 1. The minimum absolute atomic E-state index is 0.118. The van der Waals surface area contributed by atoms with Crippen LogP contribution in [-0.4, -0.2) is 27.2 Å². The predicted molar refractivity (Wildman–Crippen MR) is 98.8 cm³/mol. The van der Waals surface area contributed by atoms with E-state index >= 15 is 0 Å². The van der Waals surface area contributed by atoms with Crippen molar-refractivity contribution in [3.8, 4) is 9.88 Å². The molecule has 1 amide bonds. The zero-order valence-electron chi connectivity index (χ0n) is 14.0. The maximum atomic E-state index is 12.3. The zero-order chi connectivity index (χ0) is 17.1. The molecule has 0 aliphatic rings. The van der Waals surface area contributed by atoms with Crippen LogP contribution in [0, 0.1) is 13.8 Å². The van der Waals surface area contributed by atoms with Gasteiger partial charge in [0.1, 0.15) is 10.7 Å². The number of rotatable bonds is 6. The molecule has 0 radical (unpaired) electrons. The van der Waals surface area contributed by atoms with Crippen LogP contribution in [0.1, 0.15) is 34.4 Å². The maximum absolute atomic E-state index is 12.3. The summed E-state index contributed by atoms with van der Waals surface area (Å²) in [6.45, 7) is 7.63. The Hall–Kier alpha value is -1.99. The van der Waals surface area contributed by atoms with E-state index in [1.54, 1.807) is 11.3 Å². The van der Waals surface area contributed by atoms with Crippen molar-refractivity contribution in [3.63, 3.8) is 0 Å². The molecule has 0 bridgehead atoms. The van der Waals surface area contributed by atoms with Crippen molar-refractivity contribution < 1.29 is 4.79 Å². The number of nitrogens with zero attached hydrogens (tertiary/aromatic N) is 3. The fourth-order valence-electron chi connectivity index (χ4n) is 2.69. The molecule has 3 aromatic heterocycles. The molecular weight excluding hydrogens is 340 g/mol. The first-order valence-electron chi connectivity index (χ1n) is 7.90. The molecule has 0 fully saturated rings. The quantitative estimate of drug-likeness (QED) is 0.729. The van der Waals surface area contributed by atoms with Crippen LogP contribution in [0.4, 0.5) is 0 Å². The molecule has 0 unspecified atom stereocenters. The van der Waals surface area contributed by atoms with Crippen LogP contribution in [0.15, 0.2) is 22.9 Å². The molecule has 126 valence electrons. The number of hydrogen-bond acceptors (Lipinski definition) is 5. The molecule has 24 heavy (non-hydrogen) atoms. The Morgan fingerprint density at radius 1 is 1.33 bits per heavy atom. The van der Waals surface area contributed by atoms with Gasteiger partial charge in [0, 0.05) is 24.2 Å². The van der Waals surface area contributed by atoms with Gasteiger partial charge in [0.25, 0.3) is 5.91 Å². The van der Waals surface area contributed by atoms with E-state index in [-0.39, 0.29) is 5.91 Å². The van der Waals surface area contributed by atoms with Crippen molar-refractivity contribution in [3.05, 3.63) is 45.5 Å². The Balaban J connectivity index is 1.59. The van der Waals surface area contributed by atoms with Gasteiger partial charge in [-0.15, -0.1) is 22.7 Å². The highest BCUT2D eigenvalue weighted by Crippen LogP contribution is 2.27. The molecule has 0 saturated heterocycles. The first-order chi connectivity index (χ1) is 11.6. The molecule has 0 aliphatic heterocycles. The molecule has 3 aromatic rings. The van der Waals surface area contributed by atoms with E-state index in [0.29, 0.717) is 12.2 Å². The molecular formula is C17H20N4OS2. The lowest BCUT2D eigenvalue weighted by Gasteiger charge is -2.05. The smallest absolute Gasteiger partial charge is 0.270 e. The summed E-state index contributed by atoms with van der Waals surface area (Å²) in [7, 11) is 0. The SMILES string of the molecule is CCn1nc(C)c(CCNC(=O)c2csc(-c3cccs3)n2)c1C. The van der Waals surface area contributed by atoms with Crippen LogP contribution in [0.25, 0.3) is 9.88 Å². The number of aryl methyl sites for hydroxylation is 2. The molecule has 0 aromatic carbocycles. The number of nitrogens with one attached hydrogen (secondary N) is 1. The van der Waals surface area contributed by atoms with Gasteiger partial charge in [-0.3, -0.25) is 9.48 Å². The van der Waals surface area contributed by atoms with Crippen LogP contribution >= 0.6 is 22.7 Å². The van der Waals surface area contributed by atoms with E-state index in [2.05, 4.69) is 29.2 Å². The van der Waals surface area contributed by atoms with Gasteiger partial charge in [0.2, 0.25) is 0 Å². The van der Waals surface area contributed by atoms with Gasteiger partial charge in [0.15, 0.2) is 0 Å². The number of hydrogen-bond donors (Lipinski definition) is 1. The molecule has 0 spiro atoms. The zero-order valence-corrected chi connectivity index (χ0v) is 15.6. The van der Waals surface area contributed by atoms with E-state index in [0.717, 1.165) is 28.5 Å². The second-order valence-electron chi connectivity index (χ2n) is 5.49. The van der Waals surface area contributed by atoms with E-state index in [1.807, 2.05) is 34.5 Å². The average molecular weight is 361 g/mol. The van der Waals surface area contributed by atoms with Crippen LogP contribution in [0.3, 0.4) is 0 Å². The van der Waals surface area contributed by atoms with Gasteiger partial charge in [0.05, 0.1) is 10.6 Å². The minimum Gasteiger partial charge on any atom is -0.350 e. The third-order valence-corrected chi connectivity index (χ3v) is 5.84. The summed E-state index contributed by atoms with van der Waals surface area (Å²) < 4.78 is 2.00. The second-order valence-corrected chi connectivity index (χ2v) is 7.29. The van der Waals surface area contributed by atoms with Gasteiger partial charge >= 0.3 is 0 Å². The van der Waals surface area contributed by atoms with Crippen LogP contribution in [0.2, 0.25) is 0 Å². The second kappa shape index (κ2) is 7.27. The van der Waals surface area contributed by atoms with E-state index in [4.69, 9.17) is 0 Å². The van der Waals surface area contributed by atoms with Crippen molar-refractivity contribution in [2.24, 2.45) is 0 Å². The number of aromatic nitrogens is 3. The standard InChI is InChI=1S/C17H20N4OS2/c1-4-21-12(3)13(11(2)20-21)7-8-18-16(22)14-10-24-17(19-14)15-6-5-9-23-15/h5-6,9-10H,4,7-8H2,1-3H3,(H,18,22). The normalized spacial score (nSPS) is 11.0. The summed E-state index contributed by atoms with van der Waals surface area (Å²) >= 11 is 3.13. The molecule has 0 aliphatic carbocycles. The van der Waals surface area contributed by atoms with Gasteiger partial charge in [-0.25, -0.2) is 4.98 Å². The summed E-state index contributed by atoms with van der Waals surface area (Å²) in [6, 6.07) is 4.00. The summed E-state index contributed by atoms with van der Waals surface area (Å²) in [6.07, 6.45) is 0.783. The van der Waals surface area contributed by atoms with Crippen molar-refractivity contribution in [1.82, 2.24) is 20.1 Å². The van der Waals surface area contributed by atoms with Crippen LogP contribution < -0.4 is 5.32 Å². The Bertz CT molecular complexity index is 833. The lowest BCUT2D eigenvalue weighted by Crippen LogP contribution is -2.26. The Morgan fingerprint density at radius 3 is 2.83 bits per heavy atom. The fraction of sp³-hybridized carbons (Fsp3) is 0.353. The molecule has 1 N–H and O–H groups in total. The van der Waals surface area contributed by atoms with Gasteiger partial charge < -0.3 is 5.32 Å². The summed E-state index contributed by atoms with van der Waals surface area (Å²) in [5.41, 5.74) is 3.92.